The van der Waals surface area contributed by atoms with Crippen LogP contribution in [-0.4, -0.2) is 38.7 Å². The molecule has 1 aliphatic rings. The number of guanidine groups is 1. The van der Waals surface area contributed by atoms with Gasteiger partial charge in [0.1, 0.15) is 12.4 Å². The number of aryl methyl sites for hydroxylation is 1. The zero-order chi connectivity index (χ0) is 15.4. The van der Waals surface area contributed by atoms with E-state index in [2.05, 4.69) is 37.9 Å². The van der Waals surface area contributed by atoms with Crippen molar-refractivity contribution in [3.8, 4) is 0 Å². The number of aromatic nitrogens is 3. The molecule has 6 nitrogen and oxygen atoms in total. The van der Waals surface area contributed by atoms with Crippen LogP contribution in [0, 0.1) is 6.92 Å². The molecule has 3 heterocycles. The highest BCUT2D eigenvalue weighted by atomic mass is 127. The van der Waals surface area contributed by atoms with Gasteiger partial charge >= 0.3 is 0 Å². The van der Waals surface area contributed by atoms with Gasteiger partial charge in [-0.3, -0.25) is 0 Å². The van der Waals surface area contributed by atoms with Gasteiger partial charge in [0, 0.05) is 25.0 Å². The number of likely N-dealkylation sites (tertiary alicyclic amines) is 1. The summed E-state index contributed by atoms with van der Waals surface area (Å²) in [6.45, 7) is 5.49. The van der Waals surface area contributed by atoms with E-state index < -0.39 is 0 Å². The van der Waals surface area contributed by atoms with Gasteiger partial charge in [0.15, 0.2) is 11.8 Å². The van der Waals surface area contributed by atoms with Crippen LogP contribution in [0.25, 0.3) is 0 Å². The minimum atomic E-state index is 0. The molecule has 2 aromatic rings. The molecule has 1 saturated heterocycles. The number of nitrogens with one attached hydrogen (secondary N) is 1. The molecule has 0 amide bonds. The quantitative estimate of drug-likeness (QED) is 0.446. The van der Waals surface area contributed by atoms with Crippen LogP contribution in [0.2, 0.25) is 0 Å². The van der Waals surface area contributed by atoms with Crippen molar-refractivity contribution in [1.29, 1.82) is 0 Å². The largest absolute Gasteiger partial charge is 0.351 e. The van der Waals surface area contributed by atoms with Gasteiger partial charge in [-0.05, 0) is 31.2 Å². The third-order valence-corrected chi connectivity index (χ3v) is 4.84. The van der Waals surface area contributed by atoms with Gasteiger partial charge in [0.2, 0.25) is 0 Å². The van der Waals surface area contributed by atoms with E-state index in [9.17, 15) is 0 Å². The first-order chi connectivity index (χ1) is 10.7. The van der Waals surface area contributed by atoms with Crippen LogP contribution in [0.4, 0.5) is 0 Å². The molecule has 0 spiro atoms. The standard InChI is InChI=1S/C15H22N6S.HI/c1-12-18-19-14(20(12)2)11-17-15(21-7-3-4-8-21)16-10-13-6-5-9-22-13;/h5-6,9H,3-4,7-8,10-11H2,1-2H3,(H,16,17);1H. The molecule has 23 heavy (non-hydrogen) atoms. The first-order valence-corrected chi connectivity index (χ1v) is 8.52. The number of rotatable bonds is 4. The van der Waals surface area contributed by atoms with Gasteiger partial charge in [0.25, 0.3) is 0 Å². The van der Waals surface area contributed by atoms with E-state index in [1.165, 1.54) is 17.7 Å². The topological polar surface area (TPSA) is 58.3 Å². The van der Waals surface area contributed by atoms with Gasteiger partial charge in [-0.1, -0.05) is 6.07 Å². The molecular formula is C15H23IN6S. The summed E-state index contributed by atoms with van der Waals surface area (Å²) in [5.41, 5.74) is 0. The summed E-state index contributed by atoms with van der Waals surface area (Å²) in [7, 11) is 1.98. The Morgan fingerprint density at radius 1 is 1.35 bits per heavy atom. The van der Waals surface area contributed by atoms with Crippen LogP contribution in [0.3, 0.4) is 0 Å². The maximum Gasteiger partial charge on any atom is 0.194 e. The van der Waals surface area contributed by atoms with Gasteiger partial charge in [-0.2, -0.15) is 0 Å². The highest BCUT2D eigenvalue weighted by molar-refractivity contribution is 14.0. The Hall–Kier alpha value is -1.16. The summed E-state index contributed by atoms with van der Waals surface area (Å²) >= 11 is 1.77. The molecule has 1 N–H and O–H groups in total. The lowest BCUT2D eigenvalue weighted by molar-refractivity contribution is 0.490. The third kappa shape index (κ3) is 4.66. The van der Waals surface area contributed by atoms with Crippen molar-refractivity contribution in [2.75, 3.05) is 13.1 Å². The normalized spacial score (nSPS) is 14.9. The van der Waals surface area contributed by atoms with Crippen LogP contribution < -0.4 is 5.32 Å². The summed E-state index contributed by atoms with van der Waals surface area (Å²) < 4.78 is 1.99. The average molecular weight is 446 g/mol. The van der Waals surface area contributed by atoms with Crippen LogP contribution in [0.15, 0.2) is 22.5 Å². The Balaban J connectivity index is 0.00000192. The number of thiophene rings is 1. The number of halogens is 1. The predicted octanol–water partition coefficient (Wildman–Crippen LogP) is 2.54. The molecule has 0 aliphatic carbocycles. The average Bonchev–Trinajstić information content (AvgIpc) is 3.25. The SMILES string of the molecule is Cc1nnc(CN=C(NCc2cccs2)N2CCCC2)n1C.I. The lowest BCUT2D eigenvalue weighted by atomic mass is 10.4. The van der Waals surface area contributed by atoms with Crippen molar-refractivity contribution in [2.45, 2.75) is 32.9 Å². The lowest BCUT2D eigenvalue weighted by Crippen LogP contribution is -2.39. The maximum atomic E-state index is 4.76. The zero-order valence-electron chi connectivity index (χ0n) is 13.5. The van der Waals surface area contributed by atoms with Crippen molar-refractivity contribution in [3.63, 3.8) is 0 Å². The summed E-state index contributed by atoms with van der Waals surface area (Å²) in [6, 6.07) is 4.22. The smallest absolute Gasteiger partial charge is 0.194 e. The molecule has 0 saturated carbocycles. The van der Waals surface area contributed by atoms with E-state index in [-0.39, 0.29) is 24.0 Å². The molecule has 0 atom stereocenters. The Kier molecular flexibility index (Phi) is 6.82. The summed E-state index contributed by atoms with van der Waals surface area (Å²) in [5.74, 6) is 2.79. The van der Waals surface area contributed by atoms with Crippen LogP contribution >= 0.6 is 35.3 Å². The molecule has 0 aromatic carbocycles. The fourth-order valence-corrected chi connectivity index (χ4v) is 3.15. The Labute approximate surface area is 158 Å². The molecule has 1 fully saturated rings. The summed E-state index contributed by atoms with van der Waals surface area (Å²) in [5, 5.41) is 13.9. The van der Waals surface area contributed by atoms with Crippen LogP contribution in [0.1, 0.15) is 29.4 Å². The highest BCUT2D eigenvalue weighted by Gasteiger charge is 2.16. The third-order valence-electron chi connectivity index (χ3n) is 3.96. The first-order valence-electron chi connectivity index (χ1n) is 7.64. The van der Waals surface area contributed by atoms with Crippen molar-refractivity contribution >= 4 is 41.3 Å². The van der Waals surface area contributed by atoms with Crippen LogP contribution in [0.5, 0.6) is 0 Å². The molecule has 8 heteroatoms. The second-order valence-corrected chi connectivity index (χ2v) is 6.52. The molecular weight excluding hydrogens is 423 g/mol. The van der Waals surface area contributed by atoms with Gasteiger partial charge < -0.3 is 14.8 Å². The highest BCUT2D eigenvalue weighted by Crippen LogP contribution is 2.11. The molecule has 3 rings (SSSR count). The predicted molar refractivity (Wildman–Crippen MR) is 104 cm³/mol. The fraction of sp³-hybridized carbons (Fsp3) is 0.533. The van der Waals surface area contributed by atoms with E-state index in [0.29, 0.717) is 6.54 Å². The van der Waals surface area contributed by atoms with E-state index in [1.54, 1.807) is 11.3 Å². The van der Waals surface area contributed by atoms with Crippen LogP contribution in [-0.2, 0) is 20.1 Å². The number of aliphatic imine (C=N–C) groups is 1. The number of hydrogen-bond donors (Lipinski definition) is 1. The molecule has 0 bridgehead atoms. The second kappa shape index (κ2) is 8.62. The molecule has 2 aromatic heterocycles. The van der Waals surface area contributed by atoms with E-state index >= 15 is 0 Å². The zero-order valence-corrected chi connectivity index (χ0v) is 16.7. The molecule has 0 radical (unpaired) electrons. The Morgan fingerprint density at radius 3 is 2.74 bits per heavy atom. The monoisotopic (exact) mass is 446 g/mol. The fourth-order valence-electron chi connectivity index (χ4n) is 2.51. The number of hydrogen-bond acceptors (Lipinski definition) is 4. The van der Waals surface area contributed by atoms with E-state index in [0.717, 1.165) is 37.2 Å². The first kappa shape index (κ1) is 18.2. The van der Waals surface area contributed by atoms with E-state index in [4.69, 9.17) is 4.99 Å². The van der Waals surface area contributed by atoms with Crippen molar-refractivity contribution in [2.24, 2.45) is 12.0 Å². The Bertz CT molecular complexity index is 630. The van der Waals surface area contributed by atoms with Crippen molar-refractivity contribution in [3.05, 3.63) is 34.0 Å². The maximum absolute atomic E-state index is 4.76. The second-order valence-electron chi connectivity index (χ2n) is 5.49. The van der Waals surface area contributed by atoms with Gasteiger partial charge in [-0.15, -0.1) is 45.5 Å². The Morgan fingerprint density at radius 2 is 2.13 bits per heavy atom. The van der Waals surface area contributed by atoms with Gasteiger partial charge in [-0.25, -0.2) is 4.99 Å². The van der Waals surface area contributed by atoms with Crippen molar-refractivity contribution in [1.82, 2.24) is 25.0 Å². The minimum absolute atomic E-state index is 0. The number of nitrogens with zero attached hydrogens (tertiary/aromatic N) is 5. The molecule has 126 valence electrons. The summed E-state index contributed by atoms with van der Waals surface area (Å²) in [6.07, 6.45) is 2.48. The van der Waals surface area contributed by atoms with Crippen molar-refractivity contribution < 1.29 is 0 Å². The lowest BCUT2D eigenvalue weighted by Gasteiger charge is -2.21. The summed E-state index contributed by atoms with van der Waals surface area (Å²) in [4.78, 5) is 8.41. The molecule has 0 unspecified atom stereocenters. The van der Waals surface area contributed by atoms with Gasteiger partial charge in [0.05, 0.1) is 6.54 Å². The van der Waals surface area contributed by atoms with E-state index in [1.807, 2.05) is 18.5 Å². The minimum Gasteiger partial charge on any atom is -0.351 e. The molecule has 1 aliphatic heterocycles.